The molecule has 2 atom stereocenters. The van der Waals surface area contributed by atoms with E-state index in [4.69, 9.17) is 11.6 Å². The molecule has 0 aliphatic carbocycles. The van der Waals surface area contributed by atoms with Gasteiger partial charge in [-0.3, -0.25) is 9.36 Å². The zero-order valence-electron chi connectivity index (χ0n) is 20.6. The van der Waals surface area contributed by atoms with E-state index in [9.17, 15) is 14.8 Å². The predicted molar refractivity (Wildman–Crippen MR) is 139 cm³/mol. The number of nitrogens with zero attached hydrogens (tertiary/aromatic N) is 4. The topological polar surface area (TPSA) is 110 Å². The molecule has 1 aromatic heterocycles. The number of aryl methyl sites for hydroxylation is 1. The van der Waals surface area contributed by atoms with E-state index in [2.05, 4.69) is 15.8 Å². The van der Waals surface area contributed by atoms with Crippen molar-refractivity contribution < 1.29 is 14.9 Å². The maximum absolute atomic E-state index is 13.6. The van der Waals surface area contributed by atoms with E-state index in [0.717, 1.165) is 11.3 Å². The first-order chi connectivity index (χ1) is 17.9. The Labute approximate surface area is 220 Å². The standard InChI is InChI=1S/C26H30ClN7O3/c1-18-28-16-23-17-32(26(36)33(18)23)22-11-13-31(14-12-22)25(35)24(15-19-5-3-2-4-6-19)30-34(37)29-21-9-7-20(27)8-10-21/h2-10,16,22,24,29-30,34H,11-15,17H2,1H3. The molecular weight excluding hydrogens is 494 g/mol. The van der Waals surface area contributed by atoms with Crippen molar-refractivity contribution in [1.29, 1.82) is 0 Å². The molecule has 2 aliphatic heterocycles. The summed E-state index contributed by atoms with van der Waals surface area (Å²) in [5, 5.41) is 12.9. The third kappa shape index (κ3) is 5.62. The highest BCUT2D eigenvalue weighted by Gasteiger charge is 2.37. The number of amides is 2. The SMILES string of the molecule is Cc1ncc2n1C(=O)N(C1CCN(C(=O)C(Cc3ccccc3)N[NH+]([O-])Nc3ccc(Cl)cc3)CC1)C2. The van der Waals surface area contributed by atoms with Crippen molar-refractivity contribution in [2.24, 2.45) is 0 Å². The van der Waals surface area contributed by atoms with Crippen LogP contribution in [0, 0.1) is 12.1 Å². The van der Waals surface area contributed by atoms with Crippen LogP contribution < -0.4 is 16.1 Å². The molecule has 3 heterocycles. The van der Waals surface area contributed by atoms with Crippen molar-refractivity contribution in [2.45, 2.75) is 44.8 Å². The second-order valence-electron chi connectivity index (χ2n) is 9.45. The monoisotopic (exact) mass is 523 g/mol. The van der Waals surface area contributed by atoms with Crippen molar-refractivity contribution in [2.75, 3.05) is 18.5 Å². The van der Waals surface area contributed by atoms with Crippen molar-refractivity contribution in [3.8, 4) is 0 Å². The van der Waals surface area contributed by atoms with Gasteiger partial charge in [-0.15, -0.1) is 5.43 Å². The van der Waals surface area contributed by atoms with Gasteiger partial charge in [0.2, 0.25) is 5.91 Å². The molecule has 0 bridgehead atoms. The fourth-order valence-corrected chi connectivity index (χ4v) is 5.17. The van der Waals surface area contributed by atoms with Crippen LogP contribution in [-0.4, -0.2) is 56.5 Å². The first-order valence-electron chi connectivity index (χ1n) is 12.4. The number of fused-ring (bicyclic) bond motifs is 1. The average molecular weight is 524 g/mol. The van der Waals surface area contributed by atoms with Gasteiger partial charge in [0.1, 0.15) is 11.9 Å². The van der Waals surface area contributed by atoms with Crippen molar-refractivity contribution in [3.05, 3.63) is 88.1 Å². The Balaban J connectivity index is 1.22. The Morgan fingerprint density at radius 3 is 2.54 bits per heavy atom. The lowest BCUT2D eigenvalue weighted by Crippen LogP contribution is -3.18. The number of hydrogen-bond acceptors (Lipinski definition) is 6. The molecule has 1 fully saturated rings. The summed E-state index contributed by atoms with van der Waals surface area (Å²) in [6.45, 7) is 3.41. The maximum atomic E-state index is 13.6. The Hall–Kier alpha value is -3.44. The fourth-order valence-electron chi connectivity index (χ4n) is 5.05. The molecule has 10 nitrogen and oxygen atoms in total. The van der Waals surface area contributed by atoms with Crippen LogP contribution in [0.15, 0.2) is 60.8 Å². The van der Waals surface area contributed by atoms with Crippen LogP contribution in [0.5, 0.6) is 0 Å². The molecule has 2 amide bonds. The van der Waals surface area contributed by atoms with Crippen molar-refractivity contribution >= 4 is 29.2 Å². The predicted octanol–water partition coefficient (Wildman–Crippen LogP) is 2.15. The number of nitrogens with one attached hydrogen (secondary N) is 3. The molecule has 0 spiro atoms. The third-order valence-electron chi connectivity index (χ3n) is 6.99. The summed E-state index contributed by atoms with van der Waals surface area (Å²) < 4.78 is 1.66. The van der Waals surface area contributed by atoms with Crippen LogP contribution >= 0.6 is 11.6 Å². The highest BCUT2D eigenvalue weighted by molar-refractivity contribution is 6.30. The minimum atomic E-state index is -0.728. The summed E-state index contributed by atoms with van der Waals surface area (Å²) in [5.41, 5.74) is 8.08. The molecule has 3 aromatic rings. The van der Waals surface area contributed by atoms with Crippen molar-refractivity contribution in [1.82, 2.24) is 24.8 Å². The molecule has 37 heavy (non-hydrogen) atoms. The number of carbonyl (C=O) groups is 2. The Morgan fingerprint density at radius 2 is 1.86 bits per heavy atom. The molecule has 1 saturated heterocycles. The molecule has 0 radical (unpaired) electrons. The molecule has 194 valence electrons. The number of halogens is 1. The van der Waals surface area contributed by atoms with Gasteiger partial charge < -0.3 is 15.0 Å². The van der Waals surface area contributed by atoms with Crippen LogP contribution in [0.2, 0.25) is 5.02 Å². The molecule has 2 aromatic carbocycles. The van der Waals surface area contributed by atoms with Crippen LogP contribution in [0.25, 0.3) is 0 Å². The Morgan fingerprint density at radius 1 is 1.16 bits per heavy atom. The molecule has 2 unspecified atom stereocenters. The van der Waals surface area contributed by atoms with Gasteiger partial charge in [-0.05, 0) is 49.6 Å². The quantitative estimate of drug-likeness (QED) is 0.390. The largest absolute Gasteiger partial charge is 0.588 e. The first-order valence-corrected chi connectivity index (χ1v) is 12.8. The number of imidazole rings is 1. The lowest BCUT2D eigenvalue weighted by molar-refractivity contribution is -0.876. The summed E-state index contributed by atoms with van der Waals surface area (Å²) in [7, 11) is 0. The van der Waals surface area contributed by atoms with Crippen molar-refractivity contribution in [3.63, 3.8) is 0 Å². The summed E-state index contributed by atoms with van der Waals surface area (Å²) in [5.74, 6) is 0.564. The van der Waals surface area contributed by atoms with E-state index in [0.29, 0.717) is 55.4 Å². The number of likely N-dealkylation sites (tertiary alicyclic amines) is 1. The highest BCUT2D eigenvalue weighted by Crippen LogP contribution is 2.26. The molecular formula is C26H30ClN7O3. The normalized spacial score (nSPS) is 17.5. The lowest BCUT2D eigenvalue weighted by Gasteiger charge is -2.38. The van der Waals surface area contributed by atoms with Gasteiger partial charge in [-0.1, -0.05) is 41.9 Å². The zero-order valence-corrected chi connectivity index (χ0v) is 21.3. The first kappa shape index (κ1) is 25.2. The third-order valence-corrected chi connectivity index (χ3v) is 7.24. The summed E-state index contributed by atoms with van der Waals surface area (Å²) in [4.78, 5) is 34.4. The average Bonchev–Trinajstić information content (AvgIpc) is 3.44. The fraction of sp³-hybridized carbons (Fsp3) is 0.346. The molecule has 0 saturated carbocycles. The van der Waals surface area contributed by atoms with Gasteiger partial charge in [0.05, 0.1) is 24.1 Å². The van der Waals surface area contributed by atoms with Crippen LogP contribution in [0.3, 0.4) is 0 Å². The van der Waals surface area contributed by atoms with E-state index in [1.54, 1.807) is 39.9 Å². The second-order valence-corrected chi connectivity index (χ2v) is 9.88. The van der Waals surface area contributed by atoms with E-state index < -0.39 is 11.3 Å². The maximum Gasteiger partial charge on any atom is 0.330 e. The van der Waals surface area contributed by atoms with E-state index in [-0.39, 0.29) is 18.0 Å². The number of benzene rings is 2. The van der Waals surface area contributed by atoms with Crippen LogP contribution in [-0.2, 0) is 17.8 Å². The highest BCUT2D eigenvalue weighted by atomic mass is 35.5. The molecule has 3 N–H and O–H groups in total. The summed E-state index contributed by atoms with van der Waals surface area (Å²) >= 11 is 5.93. The van der Waals surface area contributed by atoms with Gasteiger partial charge in [-0.25, -0.2) is 15.2 Å². The zero-order chi connectivity index (χ0) is 25.9. The van der Waals surface area contributed by atoms with E-state index in [1.165, 1.54) is 0 Å². The van der Waals surface area contributed by atoms with Gasteiger partial charge >= 0.3 is 6.03 Å². The number of quaternary nitrogens is 1. The molecule has 11 heteroatoms. The second kappa shape index (κ2) is 10.9. The molecule has 2 aliphatic rings. The number of rotatable bonds is 8. The smallest absolute Gasteiger partial charge is 0.330 e. The number of carbonyl (C=O) groups excluding carboxylic acids is 2. The number of aromatic nitrogens is 2. The molecule has 5 rings (SSSR count). The van der Waals surface area contributed by atoms with Gasteiger partial charge in [-0.2, -0.15) is 5.28 Å². The van der Waals surface area contributed by atoms with Crippen LogP contribution in [0.4, 0.5) is 10.5 Å². The van der Waals surface area contributed by atoms with Gasteiger partial charge in [0.15, 0.2) is 0 Å². The van der Waals surface area contributed by atoms with Gasteiger partial charge in [0, 0.05) is 30.6 Å². The summed E-state index contributed by atoms with van der Waals surface area (Å²) in [6, 6.07) is 15.7. The number of anilines is 1. The van der Waals surface area contributed by atoms with Crippen LogP contribution in [0.1, 0.15) is 29.9 Å². The minimum absolute atomic E-state index is 0.0442. The minimum Gasteiger partial charge on any atom is -0.588 e. The summed E-state index contributed by atoms with van der Waals surface area (Å²) in [6.07, 6.45) is 3.49. The Kier molecular flexibility index (Phi) is 7.43. The number of piperidine rings is 1. The van der Waals surface area contributed by atoms with E-state index >= 15 is 0 Å². The number of hydrogen-bond donors (Lipinski definition) is 3. The Bertz CT molecular complexity index is 1240. The van der Waals surface area contributed by atoms with E-state index in [1.807, 2.05) is 42.2 Å². The lowest BCUT2D eigenvalue weighted by atomic mass is 10.0. The van der Waals surface area contributed by atoms with Gasteiger partial charge in [0.25, 0.3) is 0 Å².